The molecule has 0 aromatic heterocycles. The van der Waals surface area contributed by atoms with Crippen molar-refractivity contribution in [2.24, 2.45) is 0 Å². The van der Waals surface area contributed by atoms with Crippen LogP contribution in [0.25, 0.3) is 0 Å². The van der Waals surface area contributed by atoms with Gasteiger partial charge in [-0.25, -0.2) is 8.93 Å². The van der Waals surface area contributed by atoms with E-state index in [4.69, 9.17) is 4.89 Å². The van der Waals surface area contributed by atoms with Crippen molar-refractivity contribution < 1.29 is 13.4 Å². The topological polar surface area (TPSA) is 47.6 Å². The van der Waals surface area contributed by atoms with Gasteiger partial charge in [0.1, 0.15) is 0 Å². The number of para-hydroxylation sites is 1. The first-order valence-electron chi connectivity index (χ1n) is 3.32. The van der Waals surface area contributed by atoms with Crippen LogP contribution in [0.15, 0.2) is 30.3 Å². The van der Waals surface area contributed by atoms with E-state index in [9.17, 15) is 4.21 Å². The molecule has 0 amide bonds. The fourth-order valence-electron chi connectivity index (χ4n) is 0.580. The quantitative estimate of drug-likeness (QED) is 0.560. The van der Waals surface area contributed by atoms with Crippen molar-refractivity contribution in [2.75, 3.05) is 7.05 Å². The number of nitrogens with one attached hydrogen (secondary N) is 1. The molecule has 5 heteroatoms. The van der Waals surface area contributed by atoms with Crippen LogP contribution in [0.2, 0.25) is 0 Å². The Balaban J connectivity index is 2.38. The zero-order valence-electron chi connectivity index (χ0n) is 6.52. The number of benzene rings is 1. The van der Waals surface area contributed by atoms with E-state index >= 15 is 0 Å². The molecule has 0 bridgehead atoms. The Hall–Kier alpha value is -0.910. The van der Waals surface area contributed by atoms with Crippen LogP contribution in [0.1, 0.15) is 0 Å². The summed E-state index contributed by atoms with van der Waals surface area (Å²) >= 11 is -1.60. The van der Waals surface area contributed by atoms with Crippen LogP contribution in [0, 0.1) is 0 Å². The van der Waals surface area contributed by atoms with Gasteiger partial charge in [-0.3, -0.25) is 0 Å². The highest BCUT2D eigenvalue weighted by Crippen LogP contribution is 2.08. The van der Waals surface area contributed by atoms with Gasteiger partial charge in [-0.15, -0.1) is 0 Å². The molecule has 1 unspecified atom stereocenters. The largest absolute Gasteiger partial charge is 0.322 e. The molecule has 1 atom stereocenters. The van der Waals surface area contributed by atoms with Gasteiger partial charge in [0.25, 0.3) is 11.3 Å². The lowest BCUT2D eigenvalue weighted by Crippen LogP contribution is -2.15. The molecule has 66 valence electrons. The Labute approximate surface area is 73.2 Å². The van der Waals surface area contributed by atoms with Crippen molar-refractivity contribution in [1.29, 1.82) is 0 Å². The smallest absolute Gasteiger partial charge is 0.275 e. The minimum absolute atomic E-state index is 0.515. The Kier molecular flexibility index (Phi) is 3.72. The summed E-state index contributed by atoms with van der Waals surface area (Å²) in [4.78, 5) is 4.70. The highest BCUT2D eigenvalue weighted by atomic mass is 32.2. The molecule has 1 aromatic rings. The molecular weight excluding hydrogens is 178 g/mol. The summed E-state index contributed by atoms with van der Waals surface area (Å²) in [5, 5.41) is 0. The van der Waals surface area contributed by atoms with Crippen molar-refractivity contribution in [2.45, 2.75) is 0 Å². The predicted octanol–water partition coefficient (Wildman–Crippen LogP) is 0.795. The van der Waals surface area contributed by atoms with Gasteiger partial charge in [0.15, 0.2) is 5.75 Å². The molecule has 0 saturated carbocycles. The fourth-order valence-corrected chi connectivity index (χ4v) is 0.789. The van der Waals surface area contributed by atoms with Gasteiger partial charge < -0.3 is 4.89 Å². The lowest BCUT2D eigenvalue weighted by Gasteiger charge is -2.00. The average molecular weight is 187 g/mol. The second-order valence-corrected chi connectivity index (χ2v) is 2.92. The third kappa shape index (κ3) is 3.00. The van der Waals surface area contributed by atoms with Gasteiger partial charge in [-0.2, -0.15) is 0 Å². The summed E-state index contributed by atoms with van der Waals surface area (Å²) in [6.45, 7) is 0. The van der Waals surface area contributed by atoms with Crippen LogP contribution in [-0.2, 0) is 15.6 Å². The molecule has 0 aliphatic heterocycles. The summed E-state index contributed by atoms with van der Waals surface area (Å²) in [6.07, 6.45) is 0. The van der Waals surface area contributed by atoms with Gasteiger partial charge in [0.05, 0.1) is 0 Å². The molecule has 1 N–H and O–H groups in total. The normalized spacial score (nSPS) is 12.4. The van der Waals surface area contributed by atoms with Crippen LogP contribution < -0.4 is 9.61 Å². The molecule has 0 spiro atoms. The summed E-state index contributed by atoms with van der Waals surface area (Å²) < 4.78 is 17.4. The van der Waals surface area contributed by atoms with E-state index < -0.39 is 11.3 Å². The average Bonchev–Trinajstić information content (AvgIpc) is 2.16. The summed E-state index contributed by atoms with van der Waals surface area (Å²) in [7, 11) is 1.50. The van der Waals surface area contributed by atoms with E-state index in [0.717, 1.165) is 0 Å². The predicted molar refractivity (Wildman–Crippen MR) is 45.4 cm³/mol. The van der Waals surface area contributed by atoms with Crippen LogP contribution >= 0.6 is 0 Å². The minimum atomic E-state index is -1.60. The lowest BCUT2D eigenvalue weighted by molar-refractivity contribution is -0.0867. The third-order valence-electron chi connectivity index (χ3n) is 1.10. The van der Waals surface area contributed by atoms with Crippen LogP contribution in [0.4, 0.5) is 0 Å². The highest BCUT2D eigenvalue weighted by molar-refractivity contribution is 7.77. The van der Waals surface area contributed by atoms with Gasteiger partial charge >= 0.3 is 0 Å². The van der Waals surface area contributed by atoms with Gasteiger partial charge in [-0.1, -0.05) is 22.5 Å². The lowest BCUT2D eigenvalue weighted by atomic mass is 10.3. The van der Waals surface area contributed by atoms with Gasteiger partial charge in [0, 0.05) is 0 Å². The monoisotopic (exact) mass is 187 g/mol. The van der Waals surface area contributed by atoms with E-state index in [-0.39, 0.29) is 0 Å². The minimum Gasteiger partial charge on any atom is -0.322 e. The first-order chi connectivity index (χ1) is 5.83. The number of rotatable bonds is 4. The van der Waals surface area contributed by atoms with E-state index in [1.54, 1.807) is 24.3 Å². The molecule has 1 aromatic carbocycles. The molecular formula is C7H9NO3S. The Morgan fingerprint density at radius 1 is 1.33 bits per heavy atom. The van der Waals surface area contributed by atoms with Crippen molar-refractivity contribution in [3.63, 3.8) is 0 Å². The molecule has 0 fully saturated rings. The summed E-state index contributed by atoms with van der Waals surface area (Å²) in [6, 6.07) is 8.84. The molecule has 0 saturated heterocycles. The number of hydrogen-bond acceptors (Lipinski definition) is 3. The maximum Gasteiger partial charge on any atom is 0.275 e. The molecule has 1 rings (SSSR count). The third-order valence-corrected chi connectivity index (χ3v) is 1.63. The highest BCUT2D eigenvalue weighted by Gasteiger charge is 1.97. The van der Waals surface area contributed by atoms with Crippen molar-refractivity contribution in [3.05, 3.63) is 30.3 Å². The Morgan fingerprint density at radius 2 is 2.00 bits per heavy atom. The zero-order chi connectivity index (χ0) is 8.81. The van der Waals surface area contributed by atoms with Gasteiger partial charge in [0.2, 0.25) is 0 Å². The van der Waals surface area contributed by atoms with Crippen LogP contribution in [0.5, 0.6) is 5.75 Å². The second kappa shape index (κ2) is 4.87. The summed E-state index contributed by atoms with van der Waals surface area (Å²) in [5.41, 5.74) is 0. The zero-order valence-corrected chi connectivity index (χ0v) is 7.34. The van der Waals surface area contributed by atoms with E-state index in [1.165, 1.54) is 7.05 Å². The van der Waals surface area contributed by atoms with E-state index in [0.29, 0.717) is 5.75 Å². The molecule has 4 nitrogen and oxygen atoms in total. The molecule has 12 heavy (non-hydrogen) atoms. The van der Waals surface area contributed by atoms with Crippen molar-refractivity contribution in [1.82, 2.24) is 4.72 Å². The standard InChI is InChI=1S/C7H9NO3S/c1-8-12(9)11-10-7-5-3-2-4-6-7/h2-6,8H,1H3. The van der Waals surface area contributed by atoms with Crippen molar-refractivity contribution in [3.8, 4) is 5.75 Å². The van der Waals surface area contributed by atoms with Crippen molar-refractivity contribution >= 4 is 11.3 Å². The Bertz CT molecular complexity index is 252. The maximum atomic E-state index is 10.6. The second-order valence-electron chi connectivity index (χ2n) is 1.90. The molecule has 0 heterocycles. The first kappa shape index (κ1) is 9.18. The number of hydrogen-bond donors (Lipinski definition) is 1. The van der Waals surface area contributed by atoms with Gasteiger partial charge in [-0.05, 0) is 19.2 Å². The maximum absolute atomic E-state index is 10.6. The first-order valence-corrected chi connectivity index (χ1v) is 4.39. The fraction of sp³-hybridized carbons (Fsp3) is 0.143. The SMILES string of the molecule is CNS(=O)OOc1ccccc1. The Morgan fingerprint density at radius 3 is 2.58 bits per heavy atom. The van der Waals surface area contributed by atoms with Crippen LogP contribution in [0.3, 0.4) is 0 Å². The van der Waals surface area contributed by atoms with E-state index in [1.807, 2.05) is 6.07 Å². The molecule has 0 aliphatic carbocycles. The molecule has 0 radical (unpaired) electrons. The molecule has 0 aliphatic rings. The van der Waals surface area contributed by atoms with Crippen LogP contribution in [-0.4, -0.2) is 11.3 Å². The summed E-state index contributed by atoms with van der Waals surface area (Å²) in [5.74, 6) is 0.515. The van der Waals surface area contributed by atoms with E-state index in [2.05, 4.69) is 9.06 Å².